The highest BCUT2D eigenvalue weighted by atomic mass is 16.5. The van der Waals surface area contributed by atoms with Gasteiger partial charge in [-0.2, -0.15) is 0 Å². The standard InChI is InChI=1S/C14H21N3O3/c15-12-2-1-3-13(10-12)20-11-14(19)17-6-4-16(5-7-17)8-9-18/h1-3,10,18H,4-9,11,15H2. The van der Waals surface area contributed by atoms with Gasteiger partial charge in [-0.05, 0) is 12.1 Å². The third kappa shape index (κ3) is 4.11. The first-order valence-electron chi connectivity index (χ1n) is 6.78. The van der Waals surface area contributed by atoms with Crippen molar-refractivity contribution < 1.29 is 14.6 Å². The van der Waals surface area contributed by atoms with E-state index < -0.39 is 0 Å². The molecule has 1 aromatic carbocycles. The summed E-state index contributed by atoms with van der Waals surface area (Å²) >= 11 is 0. The second-order valence-corrected chi connectivity index (χ2v) is 4.81. The van der Waals surface area contributed by atoms with E-state index in [1.165, 1.54) is 0 Å². The molecule has 0 unspecified atom stereocenters. The summed E-state index contributed by atoms with van der Waals surface area (Å²) < 4.78 is 5.45. The van der Waals surface area contributed by atoms with Gasteiger partial charge in [-0.3, -0.25) is 9.69 Å². The molecule has 1 amide bonds. The Morgan fingerprint density at radius 1 is 1.30 bits per heavy atom. The normalized spacial score (nSPS) is 16.1. The maximum Gasteiger partial charge on any atom is 0.260 e. The molecule has 1 saturated heterocycles. The number of hydrogen-bond donors (Lipinski definition) is 2. The van der Waals surface area contributed by atoms with Crippen molar-refractivity contribution in [2.45, 2.75) is 0 Å². The molecule has 1 aliphatic rings. The van der Waals surface area contributed by atoms with Gasteiger partial charge in [0.25, 0.3) is 5.91 Å². The van der Waals surface area contributed by atoms with E-state index in [2.05, 4.69) is 4.90 Å². The Bertz CT molecular complexity index is 445. The fourth-order valence-corrected chi connectivity index (χ4v) is 2.20. The Balaban J connectivity index is 1.76. The van der Waals surface area contributed by atoms with Crippen LogP contribution in [0.15, 0.2) is 24.3 Å². The van der Waals surface area contributed by atoms with Gasteiger partial charge in [-0.1, -0.05) is 6.07 Å². The van der Waals surface area contributed by atoms with Crippen LogP contribution in [0, 0.1) is 0 Å². The SMILES string of the molecule is Nc1cccc(OCC(=O)N2CCN(CCO)CC2)c1. The highest BCUT2D eigenvalue weighted by Crippen LogP contribution is 2.14. The number of nitrogens with two attached hydrogens (primary N) is 1. The van der Waals surface area contributed by atoms with Crippen LogP contribution < -0.4 is 10.5 Å². The van der Waals surface area contributed by atoms with Crippen LogP contribution in [0.2, 0.25) is 0 Å². The van der Waals surface area contributed by atoms with E-state index in [4.69, 9.17) is 15.6 Å². The van der Waals surface area contributed by atoms with Gasteiger partial charge in [0.05, 0.1) is 6.61 Å². The monoisotopic (exact) mass is 279 g/mol. The lowest BCUT2D eigenvalue weighted by atomic mass is 10.3. The number of aliphatic hydroxyl groups is 1. The van der Waals surface area contributed by atoms with Crippen molar-refractivity contribution in [1.82, 2.24) is 9.80 Å². The van der Waals surface area contributed by atoms with E-state index in [0.29, 0.717) is 31.1 Å². The van der Waals surface area contributed by atoms with Crippen molar-refractivity contribution in [2.24, 2.45) is 0 Å². The van der Waals surface area contributed by atoms with Gasteiger partial charge in [-0.15, -0.1) is 0 Å². The van der Waals surface area contributed by atoms with Crippen LogP contribution in [0.5, 0.6) is 5.75 Å². The van der Waals surface area contributed by atoms with E-state index in [-0.39, 0.29) is 19.1 Å². The molecule has 0 atom stereocenters. The molecule has 2 rings (SSSR count). The molecule has 20 heavy (non-hydrogen) atoms. The second-order valence-electron chi connectivity index (χ2n) is 4.81. The molecular formula is C14H21N3O3. The molecule has 0 saturated carbocycles. The number of aliphatic hydroxyl groups excluding tert-OH is 1. The summed E-state index contributed by atoms with van der Waals surface area (Å²) in [6.07, 6.45) is 0. The summed E-state index contributed by atoms with van der Waals surface area (Å²) in [5.41, 5.74) is 6.27. The molecule has 6 heteroatoms. The van der Waals surface area contributed by atoms with E-state index in [1.807, 2.05) is 0 Å². The number of hydrogen-bond acceptors (Lipinski definition) is 5. The first-order chi connectivity index (χ1) is 9.69. The smallest absolute Gasteiger partial charge is 0.260 e. The van der Waals surface area contributed by atoms with Gasteiger partial charge < -0.3 is 20.5 Å². The van der Waals surface area contributed by atoms with Crippen molar-refractivity contribution in [1.29, 1.82) is 0 Å². The Labute approximate surface area is 118 Å². The number of β-amino-alcohol motifs (C(OH)–C–C–N with tert-alkyl or cyclic N) is 1. The van der Waals surface area contributed by atoms with Crippen LogP contribution in [-0.2, 0) is 4.79 Å². The van der Waals surface area contributed by atoms with Crippen LogP contribution in [0.25, 0.3) is 0 Å². The quantitative estimate of drug-likeness (QED) is 0.729. The maximum absolute atomic E-state index is 12.0. The van der Waals surface area contributed by atoms with E-state index in [9.17, 15) is 4.79 Å². The van der Waals surface area contributed by atoms with Crippen molar-refractivity contribution in [2.75, 3.05) is 51.7 Å². The molecule has 3 N–H and O–H groups in total. The Morgan fingerprint density at radius 2 is 2.05 bits per heavy atom. The fourth-order valence-electron chi connectivity index (χ4n) is 2.20. The average Bonchev–Trinajstić information content (AvgIpc) is 2.46. The van der Waals surface area contributed by atoms with E-state index in [1.54, 1.807) is 29.2 Å². The topological polar surface area (TPSA) is 79.0 Å². The first-order valence-corrected chi connectivity index (χ1v) is 6.78. The number of amides is 1. The number of ether oxygens (including phenoxy) is 1. The van der Waals surface area contributed by atoms with Gasteiger partial charge in [0, 0.05) is 44.5 Å². The third-order valence-corrected chi connectivity index (χ3v) is 3.36. The minimum atomic E-state index is -0.0175. The Hall–Kier alpha value is -1.79. The lowest BCUT2D eigenvalue weighted by Crippen LogP contribution is -2.50. The zero-order valence-corrected chi connectivity index (χ0v) is 11.5. The number of anilines is 1. The fraction of sp³-hybridized carbons (Fsp3) is 0.500. The Morgan fingerprint density at radius 3 is 2.70 bits per heavy atom. The van der Waals surface area contributed by atoms with Gasteiger partial charge in [0.15, 0.2) is 6.61 Å². The molecule has 110 valence electrons. The molecule has 0 aromatic heterocycles. The van der Waals surface area contributed by atoms with Gasteiger partial charge >= 0.3 is 0 Å². The molecule has 0 spiro atoms. The highest BCUT2D eigenvalue weighted by Gasteiger charge is 2.20. The Kier molecular flexibility index (Phi) is 5.20. The summed E-state index contributed by atoms with van der Waals surface area (Å²) in [4.78, 5) is 16.0. The maximum atomic E-state index is 12.0. The molecule has 1 heterocycles. The van der Waals surface area contributed by atoms with E-state index >= 15 is 0 Å². The number of carbonyl (C=O) groups excluding carboxylic acids is 1. The lowest BCUT2D eigenvalue weighted by molar-refractivity contribution is -0.135. The molecule has 1 aromatic rings. The zero-order valence-electron chi connectivity index (χ0n) is 11.5. The number of piperazine rings is 1. The number of carbonyl (C=O) groups is 1. The number of nitrogens with zero attached hydrogens (tertiary/aromatic N) is 2. The van der Waals surface area contributed by atoms with Crippen LogP contribution in [0.1, 0.15) is 0 Å². The van der Waals surface area contributed by atoms with Crippen molar-refractivity contribution in [3.05, 3.63) is 24.3 Å². The summed E-state index contributed by atoms with van der Waals surface area (Å²) in [6.45, 7) is 3.81. The van der Waals surface area contributed by atoms with Crippen molar-refractivity contribution in [3.63, 3.8) is 0 Å². The summed E-state index contributed by atoms with van der Waals surface area (Å²) in [6, 6.07) is 7.05. The highest BCUT2D eigenvalue weighted by molar-refractivity contribution is 5.77. The van der Waals surface area contributed by atoms with Crippen molar-refractivity contribution in [3.8, 4) is 5.75 Å². The molecule has 0 radical (unpaired) electrons. The predicted molar refractivity (Wildman–Crippen MR) is 76.5 cm³/mol. The lowest BCUT2D eigenvalue weighted by Gasteiger charge is -2.34. The molecule has 6 nitrogen and oxygen atoms in total. The molecular weight excluding hydrogens is 258 g/mol. The molecule has 1 fully saturated rings. The van der Waals surface area contributed by atoms with Crippen molar-refractivity contribution >= 4 is 11.6 Å². The summed E-state index contributed by atoms with van der Waals surface area (Å²) in [5.74, 6) is 0.591. The van der Waals surface area contributed by atoms with E-state index in [0.717, 1.165) is 13.1 Å². The second kappa shape index (κ2) is 7.12. The predicted octanol–water partition coefficient (Wildman–Crippen LogP) is -0.216. The summed E-state index contributed by atoms with van der Waals surface area (Å²) in [5, 5.41) is 8.87. The van der Waals surface area contributed by atoms with Crippen LogP contribution in [-0.4, -0.2) is 66.8 Å². The van der Waals surface area contributed by atoms with Gasteiger partial charge in [0.2, 0.25) is 0 Å². The number of nitrogen functional groups attached to an aromatic ring is 1. The molecule has 0 aliphatic carbocycles. The first kappa shape index (κ1) is 14.6. The average molecular weight is 279 g/mol. The van der Waals surface area contributed by atoms with Crippen LogP contribution in [0.4, 0.5) is 5.69 Å². The van der Waals surface area contributed by atoms with Crippen LogP contribution >= 0.6 is 0 Å². The van der Waals surface area contributed by atoms with Crippen LogP contribution in [0.3, 0.4) is 0 Å². The zero-order chi connectivity index (χ0) is 14.4. The number of benzene rings is 1. The van der Waals surface area contributed by atoms with Gasteiger partial charge in [-0.25, -0.2) is 0 Å². The largest absolute Gasteiger partial charge is 0.484 e. The third-order valence-electron chi connectivity index (χ3n) is 3.36. The van der Waals surface area contributed by atoms with Gasteiger partial charge in [0.1, 0.15) is 5.75 Å². The minimum Gasteiger partial charge on any atom is -0.484 e. The molecule has 1 aliphatic heterocycles. The summed E-state index contributed by atoms with van der Waals surface area (Å²) in [7, 11) is 0. The number of rotatable bonds is 5. The minimum absolute atomic E-state index is 0.0175. The molecule has 0 bridgehead atoms.